The molecule has 6 heteroatoms. The number of non-ortho nitro benzene ring substituents is 1. The van der Waals surface area contributed by atoms with Crippen LogP contribution in [0.25, 0.3) is 0 Å². The van der Waals surface area contributed by atoms with Crippen molar-refractivity contribution in [2.24, 2.45) is 17.3 Å². The molecule has 1 saturated carbocycles. The molecule has 0 aromatic heterocycles. The summed E-state index contributed by atoms with van der Waals surface area (Å²) >= 11 is 0. The maximum absolute atomic E-state index is 11.8. The van der Waals surface area contributed by atoms with Crippen LogP contribution >= 0.6 is 0 Å². The quantitative estimate of drug-likeness (QED) is 0.275. The lowest BCUT2D eigenvalue weighted by atomic mass is 9.95. The molecule has 0 bridgehead atoms. The Kier molecular flexibility index (Phi) is 4.43. The summed E-state index contributed by atoms with van der Waals surface area (Å²) in [6, 6.07) is 5.32. The van der Waals surface area contributed by atoms with Gasteiger partial charge in [0, 0.05) is 30.9 Å². The van der Waals surface area contributed by atoms with E-state index in [-0.39, 0.29) is 16.9 Å². The van der Waals surface area contributed by atoms with Crippen LogP contribution in [0.2, 0.25) is 0 Å². The van der Waals surface area contributed by atoms with Crippen molar-refractivity contribution < 1.29 is 19.2 Å². The fraction of sp³-hybridized carbons (Fsp3) is 0.500. The van der Waals surface area contributed by atoms with E-state index < -0.39 is 11.1 Å². The first kappa shape index (κ1) is 16.3. The molecule has 0 heterocycles. The van der Waals surface area contributed by atoms with Crippen molar-refractivity contribution in [3.05, 3.63) is 34.4 Å². The van der Waals surface area contributed by atoms with Crippen molar-refractivity contribution in [2.75, 3.05) is 6.61 Å². The lowest BCUT2D eigenvalue weighted by molar-refractivity contribution is -0.384. The number of nitro groups is 1. The number of hydrogen-bond donors (Lipinski definition) is 0. The van der Waals surface area contributed by atoms with Gasteiger partial charge in [0.05, 0.1) is 11.5 Å². The molecule has 2 aliphatic rings. The largest absolute Gasteiger partial charge is 0.513 e. The first-order valence-corrected chi connectivity index (χ1v) is 8.05. The third-order valence-electron chi connectivity index (χ3n) is 5.19. The van der Waals surface area contributed by atoms with Crippen LogP contribution in [0.15, 0.2) is 24.3 Å². The molecule has 1 aromatic rings. The number of benzene rings is 1. The Morgan fingerprint density at radius 2 is 2.04 bits per heavy atom. The molecule has 0 amide bonds. The van der Waals surface area contributed by atoms with Crippen molar-refractivity contribution >= 4 is 11.8 Å². The fourth-order valence-corrected chi connectivity index (χ4v) is 3.63. The van der Waals surface area contributed by atoms with Crippen LogP contribution < -0.4 is 4.74 Å². The summed E-state index contributed by atoms with van der Waals surface area (Å²) in [4.78, 5) is 21.9. The molecule has 3 rings (SSSR count). The molecule has 6 nitrogen and oxygen atoms in total. The Morgan fingerprint density at radius 1 is 1.33 bits per heavy atom. The van der Waals surface area contributed by atoms with Gasteiger partial charge in [0.2, 0.25) is 0 Å². The van der Waals surface area contributed by atoms with E-state index in [2.05, 4.69) is 18.8 Å². The number of nitrogens with zero attached hydrogens (tertiary/aromatic N) is 1. The lowest BCUT2D eigenvalue weighted by Gasteiger charge is -2.11. The van der Waals surface area contributed by atoms with Gasteiger partial charge in [-0.2, -0.15) is 0 Å². The van der Waals surface area contributed by atoms with E-state index in [0.29, 0.717) is 18.4 Å². The Balaban J connectivity index is 1.49. The summed E-state index contributed by atoms with van der Waals surface area (Å²) in [5.74, 6) is 7.47. The predicted molar refractivity (Wildman–Crippen MR) is 86.4 cm³/mol. The Labute approximate surface area is 140 Å². The van der Waals surface area contributed by atoms with Gasteiger partial charge in [-0.05, 0) is 36.3 Å². The number of hydrogen-bond acceptors (Lipinski definition) is 5. The maximum Gasteiger partial charge on any atom is 0.513 e. The van der Waals surface area contributed by atoms with Gasteiger partial charge in [0.15, 0.2) is 0 Å². The molecule has 1 aromatic carbocycles. The van der Waals surface area contributed by atoms with E-state index >= 15 is 0 Å². The first-order chi connectivity index (χ1) is 11.5. The second-order valence-electron chi connectivity index (χ2n) is 6.53. The average molecular weight is 329 g/mol. The zero-order valence-electron chi connectivity index (χ0n) is 13.5. The molecular weight excluding hydrogens is 310 g/mol. The highest BCUT2D eigenvalue weighted by atomic mass is 16.7. The first-order valence-electron chi connectivity index (χ1n) is 8.05. The van der Waals surface area contributed by atoms with E-state index in [1.807, 2.05) is 0 Å². The van der Waals surface area contributed by atoms with Gasteiger partial charge in [-0.15, -0.1) is 11.8 Å². The molecule has 0 aliphatic heterocycles. The molecule has 1 fully saturated rings. The van der Waals surface area contributed by atoms with Crippen molar-refractivity contribution in [3.8, 4) is 17.6 Å². The summed E-state index contributed by atoms with van der Waals surface area (Å²) < 4.78 is 10.3. The van der Waals surface area contributed by atoms with Gasteiger partial charge in [-0.3, -0.25) is 10.1 Å². The molecule has 126 valence electrons. The molecule has 3 atom stereocenters. The Morgan fingerprint density at radius 3 is 2.75 bits per heavy atom. The molecule has 0 spiro atoms. The standard InChI is InChI=1S/C18H19NO5/c1-18-11-5-3-2-4-6-15(18)16(18)12-23-17(20)24-14-9-7-13(8-10-14)19(21)22/h7-10,15-16H,4-6,11-12H2,1H3/t15-,16+,18-/m1/s1. The lowest BCUT2D eigenvalue weighted by Crippen LogP contribution is -2.14. The van der Waals surface area contributed by atoms with Crippen molar-refractivity contribution in [1.82, 2.24) is 0 Å². The minimum Gasteiger partial charge on any atom is -0.434 e. The molecule has 2 aliphatic carbocycles. The second-order valence-corrected chi connectivity index (χ2v) is 6.53. The normalized spacial score (nSPS) is 27.5. The van der Waals surface area contributed by atoms with Crippen LogP contribution in [-0.2, 0) is 4.74 Å². The number of ether oxygens (including phenoxy) is 2. The van der Waals surface area contributed by atoms with Gasteiger partial charge >= 0.3 is 6.16 Å². The molecule has 0 radical (unpaired) electrons. The van der Waals surface area contributed by atoms with E-state index in [0.717, 1.165) is 25.7 Å². The third-order valence-corrected chi connectivity index (χ3v) is 5.19. The highest BCUT2D eigenvalue weighted by Crippen LogP contribution is 2.63. The van der Waals surface area contributed by atoms with Crippen LogP contribution in [0.4, 0.5) is 10.5 Å². The second kappa shape index (κ2) is 6.52. The average Bonchev–Trinajstić information content (AvgIpc) is 3.08. The van der Waals surface area contributed by atoms with Gasteiger partial charge < -0.3 is 9.47 Å². The Hall–Kier alpha value is -2.55. The van der Waals surface area contributed by atoms with Gasteiger partial charge in [0.25, 0.3) is 5.69 Å². The van der Waals surface area contributed by atoms with Crippen LogP contribution in [-0.4, -0.2) is 17.7 Å². The zero-order valence-corrected chi connectivity index (χ0v) is 13.5. The topological polar surface area (TPSA) is 78.7 Å². The smallest absolute Gasteiger partial charge is 0.434 e. The molecule has 0 N–H and O–H groups in total. The predicted octanol–water partition coefficient (Wildman–Crippen LogP) is 3.94. The fourth-order valence-electron chi connectivity index (χ4n) is 3.63. The zero-order chi connectivity index (χ0) is 17.2. The number of carbonyl (C=O) groups is 1. The maximum atomic E-state index is 11.8. The van der Waals surface area contributed by atoms with Crippen LogP contribution in [0, 0.1) is 39.2 Å². The third kappa shape index (κ3) is 3.35. The van der Waals surface area contributed by atoms with E-state index in [1.165, 1.54) is 24.3 Å². The minimum atomic E-state index is -0.775. The van der Waals surface area contributed by atoms with Gasteiger partial charge in [0.1, 0.15) is 5.75 Å². The summed E-state index contributed by atoms with van der Waals surface area (Å²) in [6.07, 6.45) is 3.12. The number of rotatable bonds is 4. The van der Waals surface area contributed by atoms with Crippen molar-refractivity contribution in [1.29, 1.82) is 0 Å². The molecular formula is C18H19NO5. The van der Waals surface area contributed by atoms with E-state index in [1.54, 1.807) is 0 Å². The van der Waals surface area contributed by atoms with Crippen molar-refractivity contribution in [2.45, 2.75) is 32.6 Å². The van der Waals surface area contributed by atoms with Crippen molar-refractivity contribution in [3.63, 3.8) is 0 Å². The summed E-state index contributed by atoms with van der Waals surface area (Å²) in [7, 11) is 0. The summed E-state index contributed by atoms with van der Waals surface area (Å²) in [6.45, 7) is 2.58. The van der Waals surface area contributed by atoms with Crippen LogP contribution in [0.3, 0.4) is 0 Å². The van der Waals surface area contributed by atoms with Crippen LogP contribution in [0.5, 0.6) is 5.75 Å². The SMILES string of the molecule is C[C@@]12CCC#CCC[C@@H]1[C@@H]2COC(=O)Oc1ccc([N+](=O)[O-])cc1. The molecule has 0 saturated heterocycles. The molecule has 0 unspecified atom stereocenters. The number of carbonyl (C=O) groups excluding carboxylic acids is 1. The van der Waals surface area contributed by atoms with Crippen LogP contribution in [0.1, 0.15) is 32.6 Å². The number of fused-ring (bicyclic) bond motifs is 1. The minimum absolute atomic E-state index is 0.0555. The highest BCUT2D eigenvalue weighted by molar-refractivity contribution is 5.64. The van der Waals surface area contributed by atoms with E-state index in [4.69, 9.17) is 9.47 Å². The van der Waals surface area contributed by atoms with Gasteiger partial charge in [-0.25, -0.2) is 4.79 Å². The summed E-state index contributed by atoms with van der Waals surface area (Å²) in [5, 5.41) is 10.6. The van der Waals surface area contributed by atoms with E-state index in [9.17, 15) is 14.9 Å². The summed E-state index contributed by atoms with van der Waals surface area (Å²) in [5.41, 5.74) is 0.156. The van der Waals surface area contributed by atoms with Gasteiger partial charge in [-0.1, -0.05) is 6.92 Å². The number of nitro benzene ring substituents is 1. The monoisotopic (exact) mass is 329 g/mol. The highest BCUT2D eigenvalue weighted by Gasteiger charge is 2.60. The molecule has 24 heavy (non-hydrogen) atoms. The Bertz CT molecular complexity index is 702.